The summed E-state index contributed by atoms with van der Waals surface area (Å²) in [6, 6.07) is 30.2. The van der Waals surface area contributed by atoms with E-state index in [2.05, 4.69) is 15.9 Å². The van der Waals surface area contributed by atoms with Gasteiger partial charge in [0.1, 0.15) is 0 Å². The molecular weight excluding hydrogens is 430 g/mol. The van der Waals surface area contributed by atoms with E-state index in [1.165, 1.54) is 0 Å². The summed E-state index contributed by atoms with van der Waals surface area (Å²) in [6.07, 6.45) is 0. The molecule has 0 atom stereocenters. The van der Waals surface area contributed by atoms with Crippen LogP contribution in [0.15, 0.2) is 126 Å². The number of benzene rings is 5. The second-order valence-electron chi connectivity index (χ2n) is 6.87. The lowest BCUT2D eigenvalue weighted by molar-refractivity contribution is 1.28. The molecule has 0 amide bonds. The van der Waals surface area contributed by atoms with E-state index in [0.29, 0.717) is 11.1 Å². The van der Waals surface area contributed by atoms with Crippen LogP contribution in [-0.2, 0) is 0 Å². The second-order valence-corrected chi connectivity index (χ2v) is 7.72. The number of hydrogen-bond donors (Lipinski definition) is 0. The van der Waals surface area contributed by atoms with Gasteiger partial charge in [-0.1, -0.05) is 94.7 Å². The third kappa shape index (κ3) is 3.51. The molecule has 0 saturated carbocycles. The number of nitrogens with zero attached hydrogens (tertiary/aromatic N) is 1. The zero-order chi connectivity index (χ0) is 23.8. The molecule has 2 heteroatoms. The first kappa shape index (κ1) is 14.6. The average molecular weight is 454 g/mol. The van der Waals surface area contributed by atoms with E-state index in [1.807, 2.05) is 97.1 Å². The van der Waals surface area contributed by atoms with Gasteiger partial charge in [-0.15, -0.1) is 0 Å². The minimum atomic E-state index is -0.0873. The number of rotatable bonds is 4. The predicted molar refractivity (Wildman–Crippen MR) is 132 cm³/mol. The highest BCUT2D eigenvalue weighted by molar-refractivity contribution is 9.10. The molecule has 5 rings (SSSR count). The van der Waals surface area contributed by atoms with Crippen molar-refractivity contribution in [2.45, 2.75) is 0 Å². The van der Waals surface area contributed by atoms with Crippen LogP contribution in [-0.4, -0.2) is 0 Å². The van der Waals surface area contributed by atoms with Gasteiger partial charge in [-0.3, -0.25) is 0 Å². The van der Waals surface area contributed by atoms with E-state index in [0.717, 1.165) is 26.6 Å². The summed E-state index contributed by atoms with van der Waals surface area (Å²) in [7, 11) is 0. The zero-order valence-electron chi connectivity index (χ0n) is 20.1. The minimum Gasteiger partial charge on any atom is -0.311 e. The van der Waals surface area contributed by atoms with Crippen LogP contribution in [0.3, 0.4) is 0 Å². The third-order valence-electron chi connectivity index (χ3n) is 5.00. The Morgan fingerprint density at radius 3 is 1.73 bits per heavy atom. The van der Waals surface area contributed by atoms with Crippen molar-refractivity contribution >= 4 is 43.8 Å². The monoisotopic (exact) mass is 453 g/mol. The van der Waals surface area contributed by atoms with Crippen molar-refractivity contribution < 1.29 is 5.48 Å². The van der Waals surface area contributed by atoms with Crippen LogP contribution in [0.1, 0.15) is 5.48 Å². The van der Waals surface area contributed by atoms with Crippen LogP contribution < -0.4 is 4.90 Å². The fraction of sp³-hybridized carbons (Fsp3) is 0. The van der Waals surface area contributed by atoms with Crippen molar-refractivity contribution in [3.05, 3.63) is 126 Å². The molecule has 0 aliphatic rings. The highest BCUT2D eigenvalue weighted by Gasteiger charge is 2.12. The van der Waals surface area contributed by atoms with Crippen molar-refractivity contribution in [3.8, 4) is 11.1 Å². The molecule has 0 fully saturated rings. The number of para-hydroxylation sites is 2. The summed E-state index contributed by atoms with van der Waals surface area (Å²) < 4.78 is 36.7. The summed E-state index contributed by atoms with van der Waals surface area (Å²) in [4.78, 5) is 1.78. The molecule has 0 heterocycles. The summed E-state index contributed by atoms with van der Waals surface area (Å²) in [5.74, 6) is 0. The maximum absolute atomic E-state index is 8.96. The molecule has 144 valence electrons. The number of fused-ring (bicyclic) bond motifs is 1. The number of anilines is 3. The summed E-state index contributed by atoms with van der Waals surface area (Å²) in [5, 5.41) is 1.82. The topological polar surface area (TPSA) is 3.24 Å². The van der Waals surface area contributed by atoms with Crippen LogP contribution in [0.5, 0.6) is 0 Å². The summed E-state index contributed by atoms with van der Waals surface area (Å²) >= 11 is 3.58. The van der Waals surface area contributed by atoms with Gasteiger partial charge in [0.2, 0.25) is 0 Å². The van der Waals surface area contributed by atoms with Crippen molar-refractivity contribution in [3.63, 3.8) is 0 Å². The molecule has 0 aromatic heterocycles. The van der Waals surface area contributed by atoms with E-state index >= 15 is 0 Å². The van der Waals surface area contributed by atoms with Crippen LogP contribution in [0.25, 0.3) is 21.9 Å². The fourth-order valence-electron chi connectivity index (χ4n) is 3.60. The normalized spacial score (nSPS) is 12.7. The molecule has 0 N–H and O–H groups in total. The largest absolute Gasteiger partial charge is 0.311 e. The molecule has 0 radical (unpaired) electrons. The van der Waals surface area contributed by atoms with Crippen molar-refractivity contribution in [1.82, 2.24) is 0 Å². The first-order valence-electron chi connectivity index (χ1n) is 11.7. The van der Waals surface area contributed by atoms with Gasteiger partial charge < -0.3 is 4.90 Å². The van der Waals surface area contributed by atoms with Gasteiger partial charge >= 0.3 is 0 Å². The molecular formula is C28H20BrN. The first-order valence-corrected chi connectivity index (χ1v) is 10.5. The molecule has 0 aliphatic heterocycles. The van der Waals surface area contributed by atoms with E-state index in [4.69, 9.17) is 5.48 Å². The summed E-state index contributed by atoms with van der Waals surface area (Å²) in [6.45, 7) is 0. The van der Waals surface area contributed by atoms with Crippen LogP contribution in [0.4, 0.5) is 17.1 Å². The Balaban J connectivity index is 1.80. The second kappa shape index (κ2) is 8.17. The standard InChI is InChI=1S/C28H20BrN/c29-28-16-8-14-26-25(13-7-15-27(26)28)21-17-19-24(20-18-21)30(22-9-3-1-4-10-22)23-11-5-2-6-12-23/h1-20H/i17D,18D,19D,20D. The minimum absolute atomic E-state index is 0.0691. The molecule has 1 nitrogen and oxygen atoms in total. The lowest BCUT2D eigenvalue weighted by Gasteiger charge is -2.25. The Bertz CT molecular complexity index is 1440. The van der Waals surface area contributed by atoms with E-state index in [-0.39, 0.29) is 29.9 Å². The van der Waals surface area contributed by atoms with Gasteiger partial charge in [0, 0.05) is 21.5 Å². The van der Waals surface area contributed by atoms with Gasteiger partial charge in [-0.05, 0) is 64.3 Å². The summed E-state index contributed by atoms with van der Waals surface area (Å²) in [5.41, 5.74) is 2.71. The average Bonchev–Trinajstić information content (AvgIpc) is 2.87. The quantitative estimate of drug-likeness (QED) is 0.262. The highest BCUT2D eigenvalue weighted by Crippen LogP contribution is 2.37. The highest BCUT2D eigenvalue weighted by atomic mass is 79.9. The van der Waals surface area contributed by atoms with Gasteiger partial charge in [-0.2, -0.15) is 0 Å². The number of hydrogen-bond acceptors (Lipinski definition) is 1. The number of halogens is 1. The van der Waals surface area contributed by atoms with Gasteiger partial charge in [0.25, 0.3) is 0 Å². The van der Waals surface area contributed by atoms with Crippen LogP contribution in [0, 0.1) is 0 Å². The van der Waals surface area contributed by atoms with Crippen molar-refractivity contribution in [2.75, 3.05) is 4.90 Å². The van der Waals surface area contributed by atoms with E-state index in [1.54, 1.807) is 4.90 Å². The van der Waals surface area contributed by atoms with E-state index < -0.39 is 0 Å². The SMILES string of the molecule is [2H]c1c([2H])c(N(c2ccccc2)c2ccccc2)c([2H])c([2H])c1-c1cccc2c(Br)cccc12. The lowest BCUT2D eigenvalue weighted by atomic mass is 9.98. The van der Waals surface area contributed by atoms with Gasteiger partial charge in [-0.25, -0.2) is 0 Å². The third-order valence-corrected chi connectivity index (χ3v) is 5.69. The Morgan fingerprint density at radius 1 is 0.533 bits per heavy atom. The predicted octanol–water partition coefficient (Wildman–Crippen LogP) is 8.74. The van der Waals surface area contributed by atoms with Crippen LogP contribution >= 0.6 is 15.9 Å². The van der Waals surface area contributed by atoms with E-state index in [9.17, 15) is 0 Å². The molecule has 0 bridgehead atoms. The molecule has 5 aromatic rings. The van der Waals surface area contributed by atoms with Gasteiger partial charge in [0.15, 0.2) is 0 Å². The smallest absolute Gasteiger partial charge is 0.0645 e. The molecule has 0 saturated heterocycles. The Kier molecular flexibility index (Phi) is 3.98. The van der Waals surface area contributed by atoms with Crippen molar-refractivity contribution in [1.29, 1.82) is 0 Å². The zero-order valence-corrected chi connectivity index (χ0v) is 17.6. The Morgan fingerprint density at radius 2 is 1.10 bits per heavy atom. The molecule has 5 aromatic carbocycles. The lowest BCUT2D eigenvalue weighted by Crippen LogP contribution is -2.09. The molecule has 0 aliphatic carbocycles. The maximum atomic E-state index is 8.96. The Hall–Kier alpha value is -3.36. The molecule has 0 spiro atoms. The molecule has 30 heavy (non-hydrogen) atoms. The van der Waals surface area contributed by atoms with Gasteiger partial charge in [0.05, 0.1) is 5.48 Å². The Labute approximate surface area is 191 Å². The first-order chi connectivity index (χ1) is 16.5. The maximum Gasteiger partial charge on any atom is 0.0645 e. The fourth-order valence-corrected chi connectivity index (χ4v) is 4.10. The van der Waals surface area contributed by atoms with Crippen molar-refractivity contribution in [2.24, 2.45) is 0 Å². The van der Waals surface area contributed by atoms with Crippen LogP contribution in [0.2, 0.25) is 0 Å². The molecule has 0 unspecified atom stereocenters.